The number of aliphatic hydroxyl groups excluding tert-OH is 1. The van der Waals surface area contributed by atoms with Gasteiger partial charge in [-0.15, -0.1) is 11.8 Å². The average molecular weight is 1030 g/mol. The lowest BCUT2D eigenvalue weighted by atomic mass is 9.92. The third-order valence-electron chi connectivity index (χ3n) is 14.8. The van der Waals surface area contributed by atoms with E-state index in [-0.39, 0.29) is 22.9 Å². The number of carbonyl (C=O) groups is 1. The highest BCUT2D eigenvalue weighted by atomic mass is 35.5. The maximum absolute atomic E-state index is 14.5. The van der Waals surface area contributed by atoms with E-state index in [0.717, 1.165) is 122 Å². The number of piperidine rings is 2. The molecular formula is C57H68ClN7O5S2. The summed E-state index contributed by atoms with van der Waals surface area (Å²) >= 11 is 8.16. The van der Waals surface area contributed by atoms with Gasteiger partial charge < -0.3 is 39.7 Å². The van der Waals surface area contributed by atoms with Gasteiger partial charge in [0.15, 0.2) is 0 Å². The first-order valence-corrected chi connectivity index (χ1v) is 28.1. The minimum atomic E-state index is -3.86. The van der Waals surface area contributed by atoms with Crippen LogP contribution in [0.15, 0.2) is 131 Å². The standard InChI is InChI=1S/C57H68ClN7O5S2/c1-40-37-51(21-22-52(40)59-46(39-71-50-11-6-5-7-12-50)23-28-62-29-24-49(66)25-30-62)72(69,70)60-45-17-19-47(20-18-45)63-33-35-64(36-34-63)48-10-8-9-43(38-48)54-53(56(67)65-31-26-57(3,68)27-32-65)41(2)61(4)55(54)42-13-15-44(58)16-14-42/h5-22,37-38,46,49,59-60,66,68H,23-36,39H2,1-4H3/t46-/m1/s1. The van der Waals surface area contributed by atoms with Crippen LogP contribution in [0.25, 0.3) is 22.4 Å². The first kappa shape index (κ1) is 51.4. The zero-order chi connectivity index (χ0) is 50.6. The number of halogens is 1. The SMILES string of the molecule is Cc1cc(S(=O)(=O)Nc2ccc(N3CCN(c4cccc(-c5c(C(=O)N6CCC(C)(O)CC6)c(C)n(C)c5-c5ccc(Cl)cc5)c4)CC3)cc2)ccc1N[C@H](CCN1CCC(O)CC1)CSc1ccccc1. The van der Waals surface area contributed by atoms with Gasteiger partial charge in [0.2, 0.25) is 0 Å². The summed E-state index contributed by atoms with van der Waals surface area (Å²) in [5.41, 5.74) is 8.92. The van der Waals surface area contributed by atoms with Crippen molar-refractivity contribution >= 4 is 62.0 Å². The normalized spacial score (nSPS) is 17.2. The van der Waals surface area contributed by atoms with Crippen LogP contribution in [-0.2, 0) is 17.1 Å². The maximum atomic E-state index is 14.5. The zero-order valence-electron chi connectivity index (χ0n) is 41.9. The highest BCUT2D eigenvalue weighted by Gasteiger charge is 2.34. The summed E-state index contributed by atoms with van der Waals surface area (Å²) in [7, 11) is -1.85. The fourth-order valence-corrected chi connectivity index (χ4v) is 12.5. The van der Waals surface area contributed by atoms with Crippen molar-refractivity contribution in [3.8, 4) is 22.4 Å². The molecule has 0 saturated carbocycles. The molecule has 0 radical (unpaired) electrons. The van der Waals surface area contributed by atoms with E-state index in [2.05, 4.69) is 77.8 Å². The number of aliphatic hydroxyl groups is 2. The number of carbonyl (C=O) groups excluding carboxylic acids is 1. The largest absolute Gasteiger partial charge is 0.393 e. The number of nitrogens with one attached hydrogen (secondary N) is 2. The Morgan fingerprint density at radius 2 is 1.46 bits per heavy atom. The van der Waals surface area contributed by atoms with Crippen LogP contribution in [0.3, 0.4) is 0 Å². The van der Waals surface area contributed by atoms with E-state index in [9.17, 15) is 23.4 Å². The van der Waals surface area contributed by atoms with Crippen molar-refractivity contribution in [2.75, 3.05) is 84.5 Å². The maximum Gasteiger partial charge on any atom is 0.261 e. The van der Waals surface area contributed by atoms with Crippen molar-refractivity contribution in [2.24, 2.45) is 7.05 Å². The molecule has 3 fully saturated rings. The molecule has 72 heavy (non-hydrogen) atoms. The molecule has 6 aromatic rings. The lowest BCUT2D eigenvalue weighted by molar-refractivity contribution is -0.00203. The van der Waals surface area contributed by atoms with Gasteiger partial charge in [-0.1, -0.05) is 54.1 Å². The summed E-state index contributed by atoms with van der Waals surface area (Å²) in [4.78, 5) is 24.9. The Kier molecular flexibility index (Phi) is 15.9. The smallest absolute Gasteiger partial charge is 0.261 e. The summed E-state index contributed by atoms with van der Waals surface area (Å²) in [6.45, 7) is 12.6. The molecule has 4 heterocycles. The molecule has 0 unspecified atom stereocenters. The number of hydrogen-bond acceptors (Lipinski definition) is 10. The molecule has 4 N–H and O–H groups in total. The topological polar surface area (TPSA) is 134 Å². The number of aryl methyl sites for hydroxylation is 1. The number of likely N-dealkylation sites (tertiary alicyclic amines) is 2. The van der Waals surface area contributed by atoms with E-state index >= 15 is 0 Å². The van der Waals surface area contributed by atoms with E-state index in [1.54, 1.807) is 12.1 Å². The number of nitrogens with zero attached hydrogens (tertiary/aromatic N) is 5. The summed E-state index contributed by atoms with van der Waals surface area (Å²) in [5, 5.41) is 25.1. The second kappa shape index (κ2) is 22.3. The Morgan fingerprint density at radius 1 is 0.792 bits per heavy atom. The summed E-state index contributed by atoms with van der Waals surface area (Å²) in [6.07, 6.45) is 3.41. The van der Waals surface area contributed by atoms with Gasteiger partial charge in [0.05, 0.1) is 27.9 Å². The predicted octanol–water partition coefficient (Wildman–Crippen LogP) is 10.2. The Labute approximate surface area is 435 Å². The average Bonchev–Trinajstić information content (AvgIpc) is 3.65. The molecule has 15 heteroatoms. The van der Waals surface area contributed by atoms with E-state index < -0.39 is 15.6 Å². The molecule has 380 valence electrons. The number of sulfonamides is 1. The van der Waals surface area contributed by atoms with Crippen LogP contribution in [-0.4, -0.2) is 121 Å². The highest BCUT2D eigenvalue weighted by molar-refractivity contribution is 7.99. The molecule has 0 aliphatic carbocycles. The van der Waals surface area contributed by atoms with E-state index in [1.165, 1.54) is 4.90 Å². The van der Waals surface area contributed by atoms with E-state index in [0.29, 0.717) is 42.2 Å². The van der Waals surface area contributed by atoms with Gasteiger partial charge in [0, 0.05) is 122 Å². The number of rotatable bonds is 16. The second-order valence-electron chi connectivity index (χ2n) is 20.0. The third kappa shape index (κ3) is 12.1. The lowest BCUT2D eigenvalue weighted by Gasteiger charge is -2.37. The van der Waals surface area contributed by atoms with Gasteiger partial charge in [0.1, 0.15) is 0 Å². The zero-order valence-corrected chi connectivity index (χ0v) is 44.2. The number of hydrogen-bond donors (Lipinski definition) is 4. The highest BCUT2D eigenvalue weighted by Crippen LogP contribution is 2.42. The fourth-order valence-electron chi connectivity index (χ4n) is 10.3. The Balaban J connectivity index is 0.845. The van der Waals surface area contributed by atoms with Crippen molar-refractivity contribution in [1.29, 1.82) is 0 Å². The molecule has 5 aromatic carbocycles. The van der Waals surface area contributed by atoms with Crippen molar-refractivity contribution < 1.29 is 23.4 Å². The molecule has 1 amide bonds. The number of amides is 1. The Bertz CT molecular complexity index is 2930. The first-order valence-electron chi connectivity index (χ1n) is 25.3. The number of anilines is 4. The second-order valence-corrected chi connectivity index (χ2v) is 23.2. The van der Waals surface area contributed by atoms with Crippen LogP contribution in [0.1, 0.15) is 60.6 Å². The molecule has 3 aliphatic rings. The molecule has 0 bridgehead atoms. The van der Waals surface area contributed by atoms with Crippen LogP contribution in [0.2, 0.25) is 5.02 Å². The molecule has 3 aliphatic heterocycles. The molecule has 1 aromatic heterocycles. The van der Waals surface area contributed by atoms with Crippen molar-refractivity contribution in [3.05, 3.63) is 143 Å². The summed E-state index contributed by atoms with van der Waals surface area (Å²) in [6, 6.07) is 39.7. The van der Waals surface area contributed by atoms with E-state index in [4.69, 9.17) is 11.6 Å². The van der Waals surface area contributed by atoms with Crippen molar-refractivity contribution in [2.45, 2.75) is 80.4 Å². The fraction of sp³-hybridized carbons (Fsp3) is 0.386. The van der Waals surface area contributed by atoms with Crippen LogP contribution in [0, 0.1) is 13.8 Å². The van der Waals surface area contributed by atoms with Crippen molar-refractivity contribution in [1.82, 2.24) is 14.4 Å². The Morgan fingerprint density at radius 3 is 2.12 bits per heavy atom. The van der Waals surface area contributed by atoms with Gasteiger partial charge in [-0.2, -0.15) is 0 Å². The minimum absolute atomic E-state index is 0.0232. The van der Waals surface area contributed by atoms with Crippen molar-refractivity contribution in [3.63, 3.8) is 0 Å². The van der Waals surface area contributed by atoms with Crippen LogP contribution in [0.4, 0.5) is 22.7 Å². The molecule has 12 nitrogen and oxygen atoms in total. The summed E-state index contributed by atoms with van der Waals surface area (Å²) < 4.78 is 32.5. The molecular weight excluding hydrogens is 962 g/mol. The Hall–Kier alpha value is -5.48. The number of thioether (sulfide) groups is 1. The summed E-state index contributed by atoms with van der Waals surface area (Å²) in [5.74, 6) is 0.838. The van der Waals surface area contributed by atoms with Crippen LogP contribution in [0.5, 0.6) is 0 Å². The monoisotopic (exact) mass is 1030 g/mol. The van der Waals surface area contributed by atoms with Crippen LogP contribution >= 0.6 is 23.4 Å². The predicted molar refractivity (Wildman–Crippen MR) is 296 cm³/mol. The minimum Gasteiger partial charge on any atom is -0.393 e. The first-order chi connectivity index (χ1) is 34.6. The molecule has 1 atom stereocenters. The van der Waals surface area contributed by atoms with E-state index in [1.807, 2.05) is 105 Å². The number of benzene rings is 5. The van der Waals surface area contributed by atoms with Gasteiger partial charge in [-0.05, 0) is 148 Å². The quantitative estimate of drug-likeness (QED) is 0.0695. The van der Waals surface area contributed by atoms with Gasteiger partial charge in [-0.25, -0.2) is 8.42 Å². The lowest BCUT2D eigenvalue weighted by Crippen LogP contribution is -2.46. The van der Waals surface area contributed by atoms with Gasteiger partial charge >= 0.3 is 0 Å². The molecule has 3 saturated heterocycles. The molecule has 0 spiro atoms. The number of piperazine rings is 1. The van der Waals surface area contributed by atoms with Crippen LogP contribution < -0.4 is 19.8 Å². The van der Waals surface area contributed by atoms with Gasteiger partial charge in [-0.3, -0.25) is 9.52 Å². The number of aromatic nitrogens is 1. The van der Waals surface area contributed by atoms with Gasteiger partial charge in [0.25, 0.3) is 15.9 Å². The molecule has 9 rings (SSSR count). The third-order valence-corrected chi connectivity index (χ3v) is 17.6.